The molecule has 1 fully saturated rings. The summed E-state index contributed by atoms with van der Waals surface area (Å²) in [6.45, 7) is 7.68. The summed E-state index contributed by atoms with van der Waals surface area (Å²) < 4.78 is 13.4. The van der Waals surface area contributed by atoms with Gasteiger partial charge in [-0.15, -0.1) is 0 Å². The fraction of sp³-hybridized carbons (Fsp3) is 0.667. The topological polar surface area (TPSA) is 12.0 Å². The molecule has 112 valence electrons. The van der Waals surface area contributed by atoms with Gasteiger partial charge in [0.15, 0.2) is 0 Å². The molecule has 0 heterocycles. The molecule has 2 heteroatoms. The van der Waals surface area contributed by atoms with Crippen LogP contribution >= 0.6 is 0 Å². The van der Waals surface area contributed by atoms with Crippen LogP contribution in [-0.2, 0) is 6.42 Å². The molecule has 0 bridgehead atoms. The summed E-state index contributed by atoms with van der Waals surface area (Å²) in [5, 5.41) is 3.67. The number of hydrogen-bond donors (Lipinski definition) is 1. The molecule has 1 N–H and O–H groups in total. The molecule has 1 aromatic rings. The molecule has 20 heavy (non-hydrogen) atoms. The van der Waals surface area contributed by atoms with E-state index in [1.54, 1.807) is 6.07 Å². The molecule has 0 spiro atoms. The summed E-state index contributed by atoms with van der Waals surface area (Å²) in [5.74, 6) is -0.114. The van der Waals surface area contributed by atoms with Gasteiger partial charge in [-0.1, -0.05) is 31.4 Å². The van der Waals surface area contributed by atoms with Gasteiger partial charge in [-0.2, -0.15) is 0 Å². The van der Waals surface area contributed by atoms with Crippen LogP contribution in [0.3, 0.4) is 0 Å². The Morgan fingerprint density at radius 2 is 1.85 bits per heavy atom. The summed E-state index contributed by atoms with van der Waals surface area (Å²) in [6, 6.07) is 7.13. The second-order valence-electron chi connectivity index (χ2n) is 7.47. The Labute approximate surface area is 123 Å². The average Bonchev–Trinajstić information content (AvgIpc) is 2.37. The number of rotatable bonds is 4. The van der Waals surface area contributed by atoms with Gasteiger partial charge in [0.2, 0.25) is 0 Å². The number of hydrogen-bond acceptors (Lipinski definition) is 1. The highest BCUT2D eigenvalue weighted by Crippen LogP contribution is 2.39. The van der Waals surface area contributed by atoms with Gasteiger partial charge in [0.1, 0.15) is 5.82 Å². The van der Waals surface area contributed by atoms with Gasteiger partial charge in [0, 0.05) is 12.1 Å². The lowest BCUT2D eigenvalue weighted by Gasteiger charge is -2.40. The van der Waals surface area contributed by atoms with E-state index in [-0.39, 0.29) is 11.4 Å². The van der Waals surface area contributed by atoms with Crippen molar-refractivity contribution in [3.05, 3.63) is 35.6 Å². The highest BCUT2D eigenvalue weighted by Gasteiger charge is 2.33. The van der Waals surface area contributed by atoms with Gasteiger partial charge in [-0.3, -0.25) is 0 Å². The molecule has 0 radical (unpaired) electrons. The SMILES string of the molecule is CC(C)(C)NCC1(Cc2cccc(F)c2)CCCCC1. The van der Waals surface area contributed by atoms with E-state index >= 15 is 0 Å². The fourth-order valence-corrected chi connectivity index (χ4v) is 3.25. The Bertz CT molecular complexity index is 427. The van der Waals surface area contributed by atoms with Crippen molar-refractivity contribution in [1.29, 1.82) is 0 Å². The third-order valence-electron chi connectivity index (χ3n) is 4.38. The van der Waals surface area contributed by atoms with Crippen molar-refractivity contribution >= 4 is 0 Å². The van der Waals surface area contributed by atoms with E-state index < -0.39 is 0 Å². The highest BCUT2D eigenvalue weighted by molar-refractivity contribution is 5.18. The van der Waals surface area contributed by atoms with Crippen LogP contribution in [0.4, 0.5) is 4.39 Å². The third kappa shape index (κ3) is 4.59. The van der Waals surface area contributed by atoms with E-state index in [1.807, 2.05) is 6.07 Å². The van der Waals surface area contributed by atoms with Crippen molar-refractivity contribution in [2.24, 2.45) is 5.41 Å². The van der Waals surface area contributed by atoms with Crippen LogP contribution in [0.2, 0.25) is 0 Å². The molecule has 0 unspecified atom stereocenters. The summed E-state index contributed by atoms with van der Waals surface area (Å²) in [7, 11) is 0. The predicted octanol–water partition coefficient (Wildman–Crippen LogP) is 4.71. The molecule has 0 aliphatic heterocycles. The van der Waals surface area contributed by atoms with Gasteiger partial charge < -0.3 is 5.32 Å². The van der Waals surface area contributed by atoms with Crippen molar-refractivity contribution in [2.75, 3.05) is 6.54 Å². The number of nitrogens with one attached hydrogen (secondary N) is 1. The van der Waals surface area contributed by atoms with E-state index in [1.165, 1.54) is 38.2 Å². The molecule has 0 saturated heterocycles. The van der Waals surface area contributed by atoms with E-state index in [2.05, 4.69) is 32.2 Å². The first-order valence-electron chi connectivity index (χ1n) is 7.88. The van der Waals surface area contributed by atoms with E-state index in [4.69, 9.17) is 0 Å². The minimum absolute atomic E-state index is 0.114. The van der Waals surface area contributed by atoms with Crippen molar-refractivity contribution in [2.45, 2.75) is 64.8 Å². The van der Waals surface area contributed by atoms with E-state index in [9.17, 15) is 4.39 Å². The second kappa shape index (κ2) is 6.26. The van der Waals surface area contributed by atoms with Gasteiger partial charge in [0.25, 0.3) is 0 Å². The summed E-state index contributed by atoms with van der Waals surface area (Å²) in [6.07, 6.45) is 7.47. The lowest BCUT2D eigenvalue weighted by molar-refractivity contribution is 0.165. The van der Waals surface area contributed by atoms with Crippen molar-refractivity contribution < 1.29 is 4.39 Å². The zero-order chi connectivity index (χ0) is 14.6. The maximum Gasteiger partial charge on any atom is 0.123 e. The minimum atomic E-state index is -0.114. The lowest BCUT2D eigenvalue weighted by atomic mass is 9.70. The largest absolute Gasteiger partial charge is 0.312 e. The molecule has 2 rings (SSSR count). The third-order valence-corrected chi connectivity index (χ3v) is 4.38. The van der Waals surface area contributed by atoms with Crippen molar-refractivity contribution in [3.63, 3.8) is 0 Å². The molecular weight excluding hydrogens is 249 g/mol. The standard InChI is InChI=1S/C18H28FN/c1-17(2,3)20-14-18(10-5-4-6-11-18)13-15-8-7-9-16(19)12-15/h7-9,12,20H,4-6,10-11,13-14H2,1-3H3. The van der Waals surface area contributed by atoms with Crippen molar-refractivity contribution in [3.8, 4) is 0 Å². The van der Waals surface area contributed by atoms with Crippen LogP contribution in [0.5, 0.6) is 0 Å². The fourth-order valence-electron chi connectivity index (χ4n) is 3.25. The average molecular weight is 277 g/mol. The number of benzene rings is 1. The molecular formula is C18H28FN. The minimum Gasteiger partial charge on any atom is -0.312 e. The first kappa shape index (κ1) is 15.5. The van der Waals surface area contributed by atoms with Crippen LogP contribution in [-0.4, -0.2) is 12.1 Å². The van der Waals surface area contributed by atoms with Crippen LogP contribution < -0.4 is 5.32 Å². The molecule has 1 aromatic carbocycles. The Hall–Kier alpha value is -0.890. The summed E-state index contributed by atoms with van der Waals surface area (Å²) in [5.41, 5.74) is 1.59. The Kier molecular flexibility index (Phi) is 4.85. The normalized spacial score (nSPS) is 19.0. The smallest absolute Gasteiger partial charge is 0.123 e. The molecule has 1 aliphatic rings. The maximum atomic E-state index is 13.4. The Morgan fingerprint density at radius 3 is 2.45 bits per heavy atom. The van der Waals surface area contributed by atoms with Gasteiger partial charge in [-0.05, 0) is 63.1 Å². The highest BCUT2D eigenvalue weighted by atomic mass is 19.1. The van der Waals surface area contributed by atoms with E-state index in [0.717, 1.165) is 18.5 Å². The molecule has 1 saturated carbocycles. The predicted molar refractivity (Wildman–Crippen MR) is 83.4 cm³/mol. The zero-order valence-corrected chi connectivity index (χ0v) is 13.1. The quantitative estimate of drug-likeness (QED) is 0.840. The monoisotopic (exact) mass is 277 g/mol. The Balaban J connectivity index is 2.10. The first-order valence-corrected chi connectivity index (χ1v) is 7.88. The van der Waals surface area contributed by atoms with Gasteiger partial charge >= 0.3 is 0 Å². The maximum absolute atomic E-state index is 13.4. The number of halogens is 1. The summed E-state index contributed by atoms with van der Waals surface area (Å²) in [4.78, 5) is 0. The molecule has 1 nitrogen and oxygen atoms in total. The lowest BCUT2D eigenvalue weighted by Crippen LogP contribution is -2.45. The molecule has 0 amide bonds. The molecule has 0 aromatic heterocycles. The van der Waals surface area contributed by atoms with Crippen molar-refractivity contribution in [1.82, 2.24) is 5.32 Å². The molecule has 1 aliphatic carbocycles. The first-order chi connectivity index (χ1) is 9.39. The zero-order valence-electron chi connectivity index (χ0n) is 13.1. The van der Waals surface area contributed by atoms with Crippen LogP contribution in [0, 0.1) is 11.2 Å². The summed E-state index contributed by atoms with van der Waals surface area (Å²) >= 11 is 0. The Morgan fingerprint density at radius 1 is 1.15 bits per heavy atom. The van der Waals surface area contributed by atoms with Gasteiger partial charge in [-0.25, -0.2) is 4.39 Å². The molecule has 0 atom stereocenters. The van der Waals surface area contributed by atoms with Crippen LogP contribution in [0.25, 0.3) is 0 Å². The van der Waals surface area contributed by atoms with Crippen LogP contribution in [0.1, 0.15) is 58.4 Å². The van der Waals surface area contributed by atoms with Gasteiger partial charge in [0.05, 0.1) is 0 Å². The second-order valence-corrected chi connectivity index (χ2v) is 7.47. The van der Waals surface area contributed by atoms with Crippen LogP contribution in [0.15, 0.2) is 24.3 Å². The van der Waals surface area contributed by atoms with E-state index in [0.29, 0.717) is 5.41 Å².